The Morgan fingerprint density at radius 1 is 1.07 bits per heavy atom. The maximum atomic E-state index is 12.7. The summed E-state index contributed by atoms with van der Waals surface area (Å²) in [6, 6.07) is 9.55. The first-order valence-electron chi connectivity index (χ1n) is 8.73. The average molecular weight is 370 g/mol. The van der Waals surface area contributed by atoms with Crippen molar-refractivity contribution in [1.29, 1.82) is 0 Å². The van der Waals surface area contributed by atoms with E-state index in [1.807, 2.05) is 0 Å². The number of nitrogens with one attached hydrogen (secondary N) is 1. The molecule has 0 saturated carbocycles. The molecule has 1 aliphatic heterocycles. The summed E-state index contributed by atoms with van der Waals surface area (Å²) in [4.78, 5) is 39.6. The Morgan fingerprint density at radius 3 is 2.41 bits per heavy atom. The van der Waals surface area contributed by atoms with Crippen LogP contribution in [0.3, 0.4) is 0 Å². The smallest absolute Gasteiger partial charge is 0.289 e. The van der Waals surface area contributed by atoms with Gasteiger partial charge in [-0.05, 0) is 37.3 Å². The van der Waals surface area contributed by atoms with Gasteiger partial charge >= 0.3 is 0 Å². The van der Waals surface area contributed by atoms with Gasteiger partial charge in [0.25, 0.3) is 5.91 Å². The fourth-order valence-corrected chi connectivity index (χ4v) is 3.03. The predicted molar refractivity (Wildman–Crippen MR) is 99.2 cm³/mol. The van der Waals surface area contributed by atoms with Crippen LogP contribution >= 0.6 is 0 Å². The molecule has 2 aromatic rings. The lowest BCUT2D eigenvalue weighted by atomic mass is 10.1. The molecule has 0 radical (unpaired) electrons. The Morgan fingerprint density at radius 2 is 1.78 bits per heavy atom. The van der Waals surface area contributed by atoms with Crippen LogP contribution in [0.25, 0.3) is 0 Å². The second-order valence-electron chi connectivity index (χ2n) is 6.41. The van der Waals surface area contributed by atoms with Crippen molar-refractivity contribution in [2.24, 2.45) is 5.73 Å². The van der Waals surface area contributed by atoms with Crippen molar-refractivity contribution < 1.29 is 18.8 Å². The number of carbonyl (C=O) groups excluding carboxylic acids is 3. The molecule has 1 atom stereocenters. The highest BCUT2D eigenvalue weighted by Crippen LogP contribution is 2.14. The molecule has 1 fully saturated rings. The maximum Gasteiger partial charge on any atom is 0.289 e. The second kappa shape index (κ2) is 7.94. The zero-order chi connectivity index (χ0) is 19.4. The number of piperazine rings is 1. The molecule has 1 unspecified atom stereocenters. The monoisotopic (exact) mass is 370 g/mol. The summed E-state index contributed by atoms with van der Waals surface area (Å²) in [7, 11) is 0. The lowest BCUT2D eigenvalue weighted by Gasteiger charge is -2.35. The maximum absolute atomic E-state index is 12.7. The zero-order valence-corrected chi connectivity index (χ0v) is 15.1. The Hall–Kier alpha value is -3.29. The van der Waals surface area contributed by atoms with Crippen LogP contribution in [0, 0.1) is 0 Å². The van der Waals surface area contributed by atoms with Gasteiger partial charge < -0.3 is 25.3 Å². The Labute approximate surface area is 156 Å². The summed E-state index contributed by atoms with van der Waals surface area (Å²) in [5.41, 5.74) is 6.31. The fraction of sp³-hybridized carbons (Fsp3) is 0.316. The van der Waals surface area contributed by atoms with Crippen LogP contribution in [0.15, 0.2) is 47.1 Å². The number of rotatable bonds is 5. The number of carbonyl (C=O) groups is 3. The van der Waals surface area contributed by atoms with Crippen LogP contribution in [0.4, 0.5) is 5.69 Å². The number of benzene rings is 1. The van der Waals surface area contributed by atoms with Gasteiger partial charge in [0.05, 0.1) is 6.26 Å². The molecule has 3 rings (SSSR count). The van der Waals surface area contributed by atoms with Gasteiger partial charge in [-0.2, -0.15) is 0 Å². The van der Waals surface area contributed by atoms with E-state index in [1.54, 1.807) is 53.1 Å². The number of hydrogen-bond acceptors (Lipinski definition) is 5. The Bertz CT molecular complexity index is 826. The van der Waals surface area contributed by atoms with E-state index in [2.05, 4.69) is 5.32 Å². The quantitative estimate of drug-likeness (QED) is 0.821. The molecular weight excluding hydrogens is 348 g/mol. The van der Waals surface area contributed by atoms with Crippen LogP contribution in [0.5, 0.6) is 0 Å². The van der Waals surface area contributed by atoms with Crippen LogP contribution in [0.2, 0.25) is 0 Å². The highest BCUT2D eigenvalue weighted by molar-refractivity contribution is 5.94. The molecule has 1 aromatic heterocycles. The van der Waals surface area contributed by atoms with E-state index in [0.29, 0.717) is 43.2 Å². The topological polar surface area (TPSA) is 109 Å². The first-order chi connectivity index (χ1) is 13.0. The molecule has 3 amide bonds. The molecule has 2 heterocycles. The van der Waals surface area contributed by atoms with Crippen LogP contribution < -0.4 is 11.1 Å². The number of hydrogen-bond donors (Lipinski definition) is 2. The third kappa shape index (κ3) is 4.28. The Balaban J connectivity index is 1.55. The van der Waals surface area contributed by atoms with E-state index < -0.39 is 11.9 Å². The van der Waals surface area contributed by atoms with Gasteiger partial charge in [0.1, 0.15) is 6.04 Å². The van der Waals surface area contributed by atoms with Gasteiger partial charge in [0.15, 0.2) is 5.76 Å². The summed E-state index contributed by atoms with van der Waals surface area (Å²) in [5.74, 6) is -0.444. The molecule has 3 N–H and O–H groups in total. The van der Waals surface area contributed by atoms with Gasteiger partial charge in [-0.3, -0.25) is 14.4 Å². The number of primary amides is 1. The molecule has 0 aliphatic carbocycles. The van der Waals surface area contributed by atoms with Crippen LogP contribution in [-0.4, -0.2) is 59.7 Å². The third-order valence-corrected chi connectivity index (χ3v) is 4.51. The summed E-state index contributed by atoms with van der Waals surface area (Å²) >= 11 is 0. The highest BCUT2D eigenvalue weighted by Gasteiger charge is 2.28. The van der Waals surface area contributed by atoms with Crippen LogP contribution in [-0.2, 0) is 4.79 Å². The van der Waals surface area contributed by atoms with Gasteiger partial charge in [-0.1, -0.05) is 6.07 Å². The second-order valence-corrected chi connectivity index (χ2v) is 6.41. The molecule has 27 heavy (non-hydrogen) atoms. The van der Waals surface area contributed by atoms with Crippen molar-refractivity contribution in [2.75, 3.05) is 31.5 Å². The van der Waals surface area contributed by atoms with Crippen molar-refractivity contribution in [3.05, 3.63) is 54.0 Å². The van der Waals surface area contributed by atoms with Crippen molar-refractivity contribution in [2.45, 2.75) is 13.0 Å². The standard InChI is InChI=1S/C19H22N4O4/c1-13(21-15-5-2-4-14(12-15)17(20)24)18(25)22-7-9-23(10-8-22)19(26)16-6-3-11-27-16/h2-6,11-13,21H,7-10H2,1H3,(H2,20,24). The molecule has 0 spiro atoms. The van der Waals surface area contributed by atoms with Gasteiger partial charge in [0, 0.05) is 37.4 Å². The first-order valence-corrected chi connectivity index (χ1v) is 8.73. The SMILES string of the molecule is CC(Nc1cccc(C(N)=O)c1)C(=O)N1CCN(C(=O)c2ccco2)CC1. The van der Waals surface area contributed by atoms with Crippen molar-refractivity contribution in [1.82, 2.24) is 9.80 Å². The Kier molecular flexibility index (Phi) is 5.44. The van der Waals surface area contributed by atoms with Crippen LogP contribution in [0.1, 0.15) is 27.8 Å². The van der Waals surface area contributed by atoms with Gasteiger partial charge in [-0.15, -0.1) is 0 Å². The number of nitrogens with two attached hydrogens (primary N) is 1. The van der Waals surface area contributed by atoms with E-state index >= 15 is 0 Å². The van der Waals surface area contributed by atoms with Gasteiger partial charge in [0.2, 0.25) is 11.8 Å². The molecular formula is C19H22N4O4. The third-order valence-electron chi connectivity index (χ3n) is 4.51. The molecule has 8 nitrogen and oxygen atoms in total. The van der Waals surface area contributed by atoms with E-state index in [4.69, 9.17) is 10.2 Å². The minimum absolute atomic E-state index is 0.0652. The molecule has 0 bridgehead atoms. The normalized spacial score (nSPS) is 15.3. The zero-order valence-electron chi connectivity index (χ0n) is 15.1. The highest BCUT2D eigenvalue weighted by atomic mass is 16.3. The number of nitrogens with zero attached hydrogens (tertiary/aromatic N) is 2. The number of amides is 3. The minimum atomic E-state index is -0.519. The summed E-state index contributed by atoms with van der Waals surface area (Å²) in [6.07, 6.45) is 1.47. The molecule has 1 saturated heterocycles. The van der Waals surface area contributed by atoms with E-state index in [0.717, 1.165) is 0 Å². The van der Waals surface area contributed by atoms with E-state index in [1.165, 1.54) is 6.26 Å². The fourth-order valence-electron chi connectivity index (χ4n) is 3.03. The minimum Gasteiger partial charge on any atom is -0.459 e. The van der Waals surface area contributed by atoms with Crippen molar-refractivity contribution in [3.63, 3.8) is 0 Å². The average Bonchev–Trinajstić information content (AvgIpc) is 3.22. The molecule has 8 heteroatoms. The lowest BCUT2D eigenvalue weighted by molar-refractivity contribution is -0.133. The number of anilines is 1. The number of furan rings is 1. The van der Waals surface area contributed by atoms with Crippen molar-refractivity contribution >= 4 is 23.4 Å². The molecule has 1 aliphatic rings. The largest absolute Gasteiger partial charge is 0.459 e. The first kappa shape index (κ1) is 18.5. The lowest BCUT2D eigenvalue weighted by Crippen LogP contribution is -2.53. The summed E-state index contributed by atoms with van der Waals surface area (Å²) in [5, 5.41) is 3.10. The van der Waals surface area contributed by atoms with Gasteiger partial charge in [-0.25, -0.2) is 0 Å². The van der Waals surface area contributed by atoms with Crippen molar-refractivity contribution in [3.8, 4) is 0 Å². The molecule has 142 valence electrons. The summed E-state index contributed by atoms with van der Waals surface area (Å²) < 4.78 is 5.14. The predicted octanol–water partition coefficient (Wildman–Crippen LogP) is 1.16. The van der Waals surface area contributed by atoms with E-state index in [-0.39, 0.29) is 11.8 Å². The van der Waals surface area contributed by atoms with E-state index in [9.17, 15) is 14.4 Å². The summed E-state index contributed by atoms with van der Waals surface area (Å²) in [6.45, 7) is 3.58. The molecule has 1 aromatic carbocycles.